The summed E-state index contributed by atoms with van der Waals surface area (Å²) in [4.78, 5) is 29.8. The number of carbonyl (C=O) groups excluding carboxylic acids is 1. The number of hydrogen-bond donors (Lipinski definition) is 1. The summed E-state index contributed by atoms with van der Waals surface area (Å²) in [7, 11) is 1.58. The van der Waals surface area contributed by atoms with E-state index in [0.717, 1.165) is 15.8 Å². The average Bonchev–Trinajstić information content (AvgIpc) is 3.49. The summed E-state index contributed by atoms with van der Waals surface area (Å²) < 4.78 is 13.0. The first-order valence-corrected chi connectivity index (χ1v) is 11.0. The molecule has 5 aromatic rings. The minimum atomic E-state index is -0.462. The molecule has 0 aliphatic heterocycles. The Morgan fingerprint density at radius 2 is 1.97 bits per heavy atom. The van der Waals surface area contributed by atoms with Crippen LogP contribution in [0.25, 0.3) is 28.5 Å². The zero-order valence-corrected chi connectivity index (χ0v) is 19.3. The molecule has 0 saturated heterocycles. The zero-order valence-electron chi connectivity index (χ0n) is 18.5. The van der Waals surface area contributed by atoms with E-state index < -0.39 is 5.69 Å². The van der Waals surface area contributed by atoms with Crippen LogP contribution in [0.1, 0.15) is 5.56 Å². The van der Waals surface area contributed by atoms with Gasteiger partial charge in [-0.05, 0) is 54.1 Å². The second-order valence-corrected chi connectivity index (χ2v) is 8.05. The molecule has 0 atom stereocenters. The average molecular weight is 491 g/mol. The molecular weight excluding hydrogens is 472 g/mol. The van der Waals surface area contributed by atoms with E-state index >= 15 is 0 Å². The Kier molecular flexibility index (Phi) is 6.02. The van der Waals surface area contributed by atoms with Crippen molar-refractivity contribution in [1.29, 1.82) is 0 Å². The topological polar surface area (TPSA) is 117 Å². The van der Waals surface area contributed by atoms with E-state index in [4.69, 9.17) is 20.9 Å². The molecule has 1 N–H and O–H groups in total. The fourth-order valence-corrected chi connectivity index (χ4v) is 3.66. The number of nitrogens with one attached hydrogen (secondary N) is 1. The lowest BCUT2D eigenvalue weighted by molar-refractivity contribution is -0.122. The number of halogens is 1. The van der Waals surface area contributed by atoms with Crippen LogP contribution in [0.5, 0.6) is 5.75 Å². The molecule has 3 aromatic heterocycles. The number of ether oxygens (including phenoxy) is 1. The number of amides is 1. The molecule has 3 heterocycles. The number of nitrogens with zero attached hydrogens (tertiary/aromatic N) is 5. The summed E-state index contributed by atoms with van der Waals surface area (Å²) in [6, 6.07) is 17.8. The Labute approximate surface area is 203 Å². The number of rotatable bonds is 7. The first-order chi connectivity index (χ1) is 17.0. The van der Waals surface area contributed by atoms with Crippen molar-refractivity contribution in [3.63, 3.8) is 0 Å². The maximum Gasteiger partial charge on any atom is 0.350 e. The van der Waals surface area contributed by atoms with Gasteiger partial charge in [-0.15, -0.1) is 5.10 Å². The van der Waals surface area contributed by atoms with Crippen LogP contribution in [-0.2, 0) is 17.9 Å². The molecule has 0 bridgehead atoms. The van der Waals surface area contributed by atoms with Crippen LogP contribution in [0.2, 0.25) is 5.02 Å². The van der Waals surface area contributed by atoms with Crippen molar-refractivity contribution < 1.29 is 14.1 Å². The number of hydrogen-bond acceptors (Lipinski definition) is 7. The Morgan fingerprint density at radius 1 is 1.14 bits per heavy atom. The Morgan fingerprint density at radius 3 is 2.77 bits per heavy atom. The van der Waals surface area contributed by atoms with Gasteiger partial charge in [-0.2, -0.15) is 4.98 Å². The van der Waals surface area contributed by atoms with Gasteiger partial charge in [0.05, 0.1) is 12.7 Å². The largest absolute Gasteiger partial charge is 0.497 e. The third-order valence-electron chi connectivity index (χ3n) is 5.29. The van der Waals surface area contributed by atoms with E-state index in [1.165, 1.54) is 4.40 Å². The van der Waals surface area contributed by atoms with Gasteiger partial charge in [0.1, 0.15) is 12.3 Å². The van der Waals surface area contributed by atoms with E-state index in [9.17, 15) is 9.59 Å². The van der Waals surface area contributed by atoms with Crippen molar-refractivity contribution in [3.8, 4) is 28.6 Å². The molecule has 10 nitrogen and oxygen atoms in total. The summed E-state index contributed by atoms with van der Waals surface area (Å²) in [5.74, 6) is 0.904. The van der Waals surface area contributed by atoms with Crippen molar-refractivity contribution in [2.24, 2.45) is 0 Å². The number of aromatic nitrogens is 5. The highest BCUT2D eigenvalue weighted by atomic mass is 35.5. The highest BCUT2D eigenvalue weighted by Gasteiger charge is 2.18. The van der Waals surface area contributed by atoms with Gasteiger partial charge in [0.2, 0.25) is 11.7 Å². The predicted octanol–water partition coefficient (Wildman–Crippen LogP) is 3.19. The molecule has 0 fully saturated rings. The van der Waals surface area contributed by atoms with Gasteiger partial charge in [-0.25, -0.2) is 13.9 Å². The molecule has 2 aromatic carbocycles. The molecule has 0 aliphatic rings. The van der Waals surface area contributed by atoms with E-state index in [0.29, 0.717) is 34.4 Å². The van der Waals surface area contributed by atoms with Gasteiger partial charge in [0.25, 0.3) is 5.89 Å². The van der Waals surface area contributed by atoms with E-state index in [2.05, 4.69) is 20.6 Å². The summed E-state index contributed by atoms with van der Waals surface area (Å²) >= 11 is 5.94. The number of pyridine rings is 1. The molecule has 35 heavy (non-hydrogen) atoms. The molecule has 0 saturated carbocycles. The van der Waals surface area contributed by atoms with Crippen molar-refractivity contribution in [1.82, 2.24) is 29.6 Å². The van der Waals surface area contributed by atoms with Gasteiger partial charge >= 0.3 is 5.69 Å². The molecule has 0 radical (unpaired) electrons. The quantitative estimate of drug-likeness (QED) is 0.372. The summed E-state index contributed by atoms with van der Waals surface area (Å²) in [5, 5.41) is 11.7. The molecule has 11 heteroatoms. The zero-order chi connectivity index (χ0) is 24.4. The predicted molar refractivity (Wildman–Crippen MR) is 128 cm³/mol. The summed E-state index contributed by atoms with van der Waals surface area (Å²) in [6.07, 6.45) is 1.56. The van der Waals surface area contributed by atoms with Crippen LogP contribution >= 0.6 is 11.6 Å². The molecule has 1 amide bonds. The van der Waals surface area contributed by atoms with Crippen molar-refractivity contribution in [2.45, 2.75) is 13.1 Å². The van der Waals surface area contributed by atoms with Crippen LogP contribution in [0, 0.1) is 0 Å². The molecule has 0 aliphatic carbocycles. The van der Waals surface area contributed by atoms with Crippen molar-refractivity contribution in [2.75, 3.05) is 7.11 Å². The third-order valence-corrected chi connectivity index (χ3v) is 5.54. The molecule has 0 spiro atoms. The Bertz CT molecular complexity index is 1570. The van der Waals surface area contributed by atoms with Crippen LogP contribution in [0.15, 0.2) is 76.2 Å². The molecule has 176 valence electrons. The van der Waals surface area contributed by atoms with Gasteiger partial charge < -0.3 is 14.6 Å². The van der Waals surface area contributed by atoms with Gasteiger partial charge in [0.15, 0.2) is 5.65 Å². The monoisotopic (exact) mass is 490 g/mol. The second kappa shape index (κ2) is 9.43. The fourth-order valence-electron chi connectivity index (χ4n) is 3.53. The van der Waals surface area contributed by atoms with E-state index in [-0.39, 0.29) is 18.3 Å². The standard InChI is InChI=1S/C24H19ClN6O4/c1-34-18-5-2-4-15(12-18)13-26-20(32)14-31-24(33)30-11-3-6-19(22(30)28-31)23-27-21(29-35-23)16-7-9-17(25)10-8-16/h2-12H,13-14H2,1H3,(H,26,32). The number of carbonyl (C=O) groups is 1. The van der Waals surface area contributed by atoms with Crippen LogP contribution in [-0.4, -0.2) is 37.3 Å². The SMILES string of the molecule is COc1cccc(CNC(=O)Cn2nc3c(-c4nc(-c5ccc(Cl)cc5)no4)cccn3c2=O)c1. The second-order valence-electron chi connectivity index (χ2n) is 7.61. The summed E-state index contributed by atoms with van der Waals surface area (Å²) in [6.45, 7) is 0.0443. The van der Waals surface area contributed by atoms with Gasteiger partial charge in [-0.3, -0.25) is 4.79 Å². The number of benzene rings is 2. The van der Waals surface area contributed by atoms with E-state index in [1.54, 1.807) is 49.7 Å². The number of fused-ring (bicyclic) bond motifs is 1. The fraction of sp³-hybridized carbons (Fsp3) is 0.125. The Hall–Kier alpha value is -4.44. The van der Waals surface area contributed by atoms with Crippen LogP contribution in [0.4, 0.5) is 0 Å². The molecular formula is C24H19ClN6O4. The third kappa shape index (κ3) is 4.64. The lowest BCUT2D eigenvalue weighted by Gasteiger charge is -2.06. The minimum absolute atomic E-state index is 0.195. The molecule has 0 unspecified atom stereocenters. The number of methoxy groups -OCH3 is 1. The normalized spacial score (nSPS) is 11.0. The maximum atomic E-state index is 12.9. The van der Waals surface area contributed by atoms with Gasteiger partial charge in [0, 0.05) is 23.3 Å². The minimum Gasteiger partial charge on any atom is -0.497 e. The summed E-state index contributed by atoms with van der Waals surface area (Å²) in [5.41, 5.74) is 1.90. The highest BCUT2D eigenvalue weighted by Crippen LogP contribution is 2.25. The van der Waals surface area contributed by atoms with Gasteiger partial charge in [-0.1, -0.05) is 28.9 Å². The van der Waals surface area contributed by atoms with Crippen LogP contribution in [0.3, 0.4) is 0 Å². The maximum absolute atomic E-state index is 12.9. The lowest BCUT2D eigenvalue weighted by atomic mass is 10.2. The van der Waals surface area contributed by atoms with E-state index in [1.807, 2.05) is 24.3 Å². The first-order valence-electron chi connectivity index (χ1n) is 10.6. The lowest BCUT2D eigenvalue weighted by Crippen LogP contribution is -2.32. The first kappa shape index (κ1) is 22.4. The molecule has 5 rings (SSSR count). The van der Waals surface area contributed by atoms with Crippen molar-refractivity contribution in [3.05, 3.63) is 87.9 Å². The van der Waals surface area contributed by atoms with Crippen molar-refractivity contribution >= 4 is 23.2 Å². The smallest absolute Gasteiger partial charge is 0.350 e. The van der Waals surface area contributed by atoms with Crippen LogP contribution < -0.4 is 15.7 Å². The highest BCUT2D eigenvalue weighted by molar-refractivity contribution is 6.30. The Balaban J connectivity index is 1.37.